The minimum absolute atomic E-state index is 0.0283. The molecule has 0 aromatic rings. The van der Waals surface area contributed by atoms with Crippen LogP contribution in [0.1, 0.15) is 41.0 Å². The Labute approximate surface area is 212 Å². The minimum Gasteiger partial charge on any atom is -0.434 e. The highest BCUT2D eigenvalue weighted by atomic mass is 35.5. The van der Waals surface area contributed by atoms with Gasteiger partial charge in [0.05, 0.1) is 12.2 Å². The molecule has 4 fully saturated rings. The van der Waals surface area contributed by atoms with Crippen molar-refractivity contribution in [1.29, 1.82) is 0 Å². The molecule has 35 heavy (non-hydrogen) atoms. The highest BCUT2D eigenvalue weighted by Crippen LogP contribution is 2.46. The molecule has 12 heteroatoms. The molecule has 0 saturated carbocycles. The first-order valence-corrected chi connectivity index (χ1v) is 15.5. The molecule has 0 aliphatic carbocycles. The van der Waals surface area contributed by atoms with Gasteiger partial charge in [0.1, 0.15) is 42.5 Å². The fourth-order valence-electron chi connectivity index (χ4n) is 4.84. The normalized spacial score (nSPS) is 41.7. The number of fused-ring (bicyclic) bond motifs is 3. The van der Waals surface area contributed by atoms with E-state index in [0.29, 0.717) is 0 Å². The predicted octanol–water partition coefficient (Wildman–Crippen LogP) is 2.50. The standard InChI is InChI=1S/C23H39ClO10Si/c1-22(2,3)35(7,8)34-15-12(29-21-18(15)32-23(4,5)33-21)9-11(25)13-16-17(28-10-27-6)14(24)20(30-16)31-19(13)26/h11-18,20-21,25H,9-10H2,1-8H3/t11-,12-,13?,14+,15-,16-,17-,18+,20+,21+/m0/s1. The van der Waals surface area contributed by atoms with E-state index in [1.807, 2.05) is 13.8 Å². The Morgan fingerprint density at radius 3 is 2.43 bits per heavy atom. The lowest BCUT2D eigenvalue weighted by Crippen LogP contribution is -2.52. The number of halogens is 1. The van der Waals surface area contributed by atoms with Crippen molar-refractivity contribution in [2.75, 3.05) is 13.9 Å². The molecule has 2 bridgehead atoms. The molecule has 0 radical (unpaired) electrons. The number of hydrogen-bond acceptors (Lipinski definition) is 10. The maximum Gasteiger partial charge on any atom is 0.316 e. The summed E-state index contributed by atoms with van der Waals surface area (Å²) in [4.78, 5) is 12.8. The van der Waals surface area contributed by atoms with E-state index in [-0.39, 0.29) is 18.3 Å². The SMILES string of the molecule is COCO[C@H]1[C@@H](Cl)[C@H]2OC(=O)C([C@@H](O)C[C@@H]3O[C@@H]4OC(C)(C)O[C@@H]4[C@H]3O[Si](C)(C)C(C)(C)C)[C@@H]1O2. The van der Waals surface area contributed by atoms with E-state index in [1.54, 1.807) is 0 Å². The Morgan fingerprint density at radius 2 is 1.80 bits per heavy atom. The molecule has 0 amide bonds. The summed E-state index contributed by atoms with van der Waals surface area (Å²) in [6.07, 6.45) is -5.58. The molecule has 202 valence electrons. The van der Waals surface area contributed by atoms with E-state index in [1.165, 1.54) is 7.11 Å². The van der Waals surface area contributed by atoms with Gasteiger partial charge in [-0.2, -0.15) is 0 Å². The van der Waals surface area contributed by atoms with Crippen molar-refractivity contribution in [3.8, 4) is 0 Å². The van der Waals surface area contributed by atoms with Crippen molar-refractivity contribution >= 4 is 25.9 Å². The third-order valence-corrected chi connectivity index (χ3v) is 12.6. The second kappa shape index (κ2) is 9.76. The molecule has 10 atom stereocenters. The number of esters is 1. The zero-order chi connectivity index (χ0) is 25.9. The molecule has 1 unspecified atom stereocenters. The summed E-state index contributed by atoms with van der Waals surface area (Å²) in [6.45, 7) is 14.4. The number of aliphatic hydroxyl groups excluding tert-OH is 1. The molecule has 4 rings (SSSR count). The predicted molar refractivity (Wildman–Crippen MR) is 126 cm³/mol. The van der Waals surface area contributed by atoms with Crippen molar-refractivity contribution < 1.29 is 47.5 Å². The second-order valence-electron chi connectivity index (χ2n) is 11.7. The van der Waals surface area contributed by atoms with E-state index < -0.39 is 80.6 Å². The molecule has 0 aromatic carbocycles. The fourth-order valence-corrected chi connectivity index (χ4v) is 6.49. The van der Waals surface area contributed by atoms with E-state index in [4.69, 9.17) is 49.2 Å². The first-order valence-electron chi connectivity index (χ1n) is 12.1. The number of aliphatic hydroxyl groups is 1. The van der Waals surface area contributed by atoms with Gasteiger partial charge in [-0.1, -0.05) is 20.8 Å². The Bertz CT molecular complexity index is 789. The van der Waals surface area contributed by atoms with Crippen LogP contribution in [0.5, 0.6) is 0 Å². The smallest absolute Gasteiger partial charge is 0.316 e. The first kappa shape index (κ1) is 27.7. The molecule has 4 heterocycles. The van der Waals surface area contributed by atoms with E-state index in [0.717, 1.165) is 0 Å². The summed E-state index contributed by atoms with van der Waals surface area (Å²) >= 11 is 6.41. The molecule has 0 aromatic heterocycles. The first-order chi connectivity index (χ1) is 16.1. The van der Waals surface area contributed by atoms with Crippen LogP contribution in [0.15, 0.2) is 0 Å². The highest BCUT2D eigenvalue weighted by Gasteiger charge is 2.61. The van der Waals surface area contributed by atoms with Gasteiger partial charge in [-0.25, -0.2) is 0 Å². The third-order valence-electron chi connectivity index (χ3n) is 7.64. The van der Waals surface area contributed by atoms with Crippen LogP contribution in [0.3, 0.4) is 0 Å². The lowest BCUT2D eigenvalue weighted by atomic mass is 9.88. The Kier molecular flexibility index (Phi) is 7.72. The van der Waals surface area contributed by atoms with Crippen LogP contribution in [-0.4, -0.2) is 93.7 Å². The van der Waals surface area contributed by atoms with Crippen LogP contribution in [0.4, 0.5) is 0 Å². The van der Waals surface area contributed by atoms with Crippen LogP contribution in [0.2, 0.25) is 18.1 Å². The monoisotopic (exact) mass is 538 g/mol. The summed E-state index contributed by atoms with van der Waals surface area (Å²) in [5.74, 6) is -2.40. The molecule has 1 N–H and O–H groups in total. The molecule has 0 spiro atoms. The lowest BCUT2D eigenvalue weighted by molar-refractivity contribution is -0.229. The number of methoxy groups -OCH3 is 1. The third kappa shape index (κ3) is 5.32. The summed E-state index contributed by atoms with van der Waals surface area (Å²) in [5, 5.41) is 10.5. The zero-order valence-corrected chi connectivity index (χ0v) is 23.4. The molecule has 4 aliphatic heterocycles. The fraction of sp³-hybridized carbons (Fsp3) is 0.957. The molecule has 4 aliphatic rings. The molecule has 4 saturated heterocycles. The Balaban J connectivity index is 1.53. The van der Waals surface area contributed by atoms with Crippen LogP contribution < -0.4 is 0 Å². The number of carbonyl (C=O) groups is 1. The van der Waals surface area contributed by atoms with Crippen LogP contribution >= 0.6 is 11.6 Å². The van der Waals surface area contributed by atoms with Crippen molar-refractivity contribution in [3.05, 3.63) is 0 Å². The number of rotatable bonds is 8. The van der Waals surface area contributed by atoms with Crippen LogP contribution in [0.25, 0.3) is 0 Å². The van der Waals surface area contributed by atoms with Gasteiger partial charge in [-0.05, 0) is 32.0 Å². The number of hydrogen-bond donors (Lipinski definition) is 1. The summed E-state index contributed by atoms with van der Waals surface area (Å²) in [5.41, 5.74) is 0. The van der Waals surface area contributed by atoms with Crippen LogP contribution in [0, 0.1) is 5.92 Å². The lowest BCUT2D eigenvalue weighted by Gasteiger charge is -2.41. The summed E-state index contributed by atoms with van der Waals surface area (Å²) < 4.78 is 46.9. The quantitative estimate of drug-likeness (QED) is 0.214. The molecule has 10 nitrogen and oxygen atoms in total. The second-order valence-corrected chi connectivity index (χ2v) is 17.0. The maximum absolute atomic E-state index is 12.8. The summed E-state index contributed by atoms with van der Waals surface area (Å²) in [6, 6.07) is 0. The highest BCUT2D eigenvalue weighted by molar-refractivity contribution is 6.74. The average molecular weight is 539 g/mol. The van der Waals surface area contributed by atoms with Gasteiger partial charge in [0.25, 0.3) is 0 Å². The van der Waals surface area contributed by atoms with Gasteiger partial charge in [0.15, 0.2) is 20.4 Å². The van der Waals surface area contributed by atoms with Crippen molar-refractivity contribution in [2.45, 2.75) is 120 Å². The number of carbonyl (C=O) groups excluding carboxylic acids is 1. The van der Waals surface area contributed by atoms with Gasteiger partial charge in [-0.3, -0.25) is 4.79 Å². The zero-order valence-electron chi connectivity index (χ0n) is 21.7. The van der Waals surface area contributed by atoms with E-state index in [2.05, 4.69) is 33.9 Å². The number of alkyl halides is 1. The van der Waals surface area contributed by atoms with Gasteiger partial charge in [0.2, 0.25) is 6.29 Å². The number of ether oxygens (including phenoxy) is 7. The molecular formula is C23H39ClO10Si. The van der Waals surface area contributed by atoms with Crippen LogP contribution in [-0.2, 0) is 42.4 Å². The van der Waals surface area contributed by atoms with Gasteiger partial charge in [0, 0.05) is 13.5 Å². The maximum atomic E-state index is 12.8. The van der Waals surface area contributed by atoms with Crippen molar-refractivity contribution in [1.82, 2.24) is 0 Å². The van der Waals surface area contributed by atoms with Gasteiger partial charge < -0.3 is 42.7 Å². The average Bonchev–Trinajstić information content (AvgIpc) is 3.27. The Hall–Kier alpha value is -0.343. The largest absolute Gasteiger partial charge is 0.434 e. The minimum atomic E-state index is -2.24. The van der Waals surface area contributed by atoms with E-state index in [9.17, 15) is 9.90 Å². The van der Waals surface area contributed by atoms with Gasteiger partial charge >= 0.3 is 5.97 Å². The Morgan fingerprint density at radius 1 is 1.11 bits per heavy atom. The van der Waals surface area contributed by atoms with Gasteiger partial charge in [-0.15, -0.1) is 11.6 Å². The molecular weight excluding hydrogens is 500 g/mol. The topological polar surface area (TPSA) is 111 Å². The summed E-state index contributed by atoms with van der Waals surface area (Å²) in [7, 11) is -0.748. The van der Waals surface area contributed by atoms with Crippen molar-refractivity contribution in [2.24, 2.45) is 5.92 Å². The van der Waals surface area contributed by atoms with Crippen molar-refractivity contribution in [3.63, 3.8) is 0 Å². The van der Waals surface area contributed by atoms with E-state index >= 15 is 0 Å².